The van der Waals surface area contributed by atoms with E-state index in [2.05, 4.69) is 4.98 Å². The summed E-state index contributed by atoms with van der Waals surface area (Å²) in [4.78, 5) is 26.9. The Kier molecular flexibility index (Phi) is 2.12. The molecule has 0 unspecified atom stereocenters. The van der Waals surface area contributed by atoms with E-state index in [1.54, 1.807) is 17.0 Å². The van der Waals surface area contributed by atoms with Crippen LogP contribution in [0.1, 0.15) is 17.4 Å². The molecule has 1 aliphatic heterocycles. The molecule has 1 amide bonds. The lowest BCUT2D eigenvalue weighted by atomic mass is 9.93. The molecular weight excluding hydrogens is 194 g/mol. The number of nitrogens with zero attached hydrogens (tertiary/aromatic N) is 1. The zero-order valence-corrected chi connectivity index (χ0v) is 8.49. The smallest absolute Gasteiger partial charge is 0.270 e. The quantitative estimate of drug-likeness (QED) is 0.654. The van der Waals surface area contributed by atoms with E-state index in [1.807, 2.05) is 6.92 Å². The molecule has 80 valence electrons. The minimum Gasteiger partial charge on any atom is -0.334 e. The molecule has 5 heteroatoms. The number of nitrogens with one attached hydrogen (secondary N) is 1. The molecule has 1 aliphatic rings. The molecule has 0 spiro atoms. The van der Waals surface area contributed by atoms with Crippen molar-refractivity contribution in [2.75, 3.05) is 13.1 Å². The van der Waals surface area contributed by atoms with E-state index in [-0.39, 0.29) is 17.0 Å². The largest absolute Gasteiger partial charge is 0.334 e. The highest BCUT2D eigenvalue weighted by atomic mass is 16.2. The molecule has 2 rings (SSSR count). The number of hydrogen-bond acceptors (Lipinski definition) is 3. The predicted molar refractivity (Wildman–Crippen MR) is 55.6 cm³/mol. The Morgan fingerprint density at radius 2 is 2.20 bits per heavy atom. The van der Waals surface area contributed by atoms with Gasteiger partial charge in [0, 0.05) is 24.7 Å². The van der Waals surface area contributed by atoms with Crippen LogP contribution in [0.15, 0.2) is 23.0 Å². The first-order chi connectivity index (χ1) is 6.98. The van der Waals surface area contributed by atoms with E-state index in [1.165, 1.54) is 6.07 Å². The topological polar surface area (TPSA) is 79.2 Å². The molecule has 15 heavy (non-hydrogen) atoms. The highest BCUT2D eigenvalue weighted by Crippen LogP contribution is 2.18. The van der Waals surface area contributed by atoms with Crippen LogP contribution in [-0.2, 0) is 0 Å². The lowest BCUT2D eigenvalue weighted by molar-refractivity contribution is 0.0447. The molecule has 0 radical (unpaired) electrons. The molecule has 0 atom stereocenters. The maximum atomic E-state index is 11.8. The van der Waals surface area contributed by atoms with E-state index in [0.29, 0.717) is 18.8 Å². The normalized spacial score (nSPS) is 18.4. The minimum atomic E-state index is -0.287. The van der Waals surface area contributed by atoms with Crippen LogP contribution < -0.4 is 11.3 Å². The average molecular weight is 207 g/mol. The van der Waals surface area contributed by atoms with Gasteiger partial charge in [-0.05, 0) is 13.0 Å². The van der Waals surface area contributed by atoms with Gasteiger partial charge in [0.1, 0.15) is 5.69 Å². The summed E-state index contributed by atoms with van der Waals surface area (Å²) in [5.74, 6) is -0.171. The van der Waals surface area contributed by atoms with Crippen molar-refractivity contribution in [1.29, 1.82) is 0 Å². The van der Waals surface area contributed by atoms with Crippen molar-refractivity contribution < 1.29 is 4.79 Å². The van der Waals surface area contributed by atoms with Gasteiger partial charge in [-0.3, -0.25) is 9.59 Å². The Hall–Kier alpha value is -1.62. The zero-order chi connectivity index (χ0) is 11.1. The van der Waals surface area contributed by atoms with E-state index in [4.69, 9.17) is 5.73 Å². The number of aromatic amines is 1. The fourth-order valence-electron chi connectivity index (χ4n) is 1.71. The molecule has 0 aliphatic carbocycles. The first kappa shape index (κ1) is 9.92. The molecular formula is C10H13N3O2. The first-order valence-corrected chi connectivity index (χ1v) is 4.75. The second kappa shape index (κ2) is 3.20. The van der Waals surface area contributed by atoms with E-state index in [0.717, 1.165) is 0 Å². The van der Waals surface area contributed by atoms with Crippen molar-refractivity contribution in [3.8, 4) is 0 Å². The van der Waals surface area contributed by atoms with Gasteiger partial charge in [0.25, 0.3) is 5.91 Å². The summed E-state index contributed by atoms with van der Waals surface area (Å²) in [7, 11) is 0. The number of likely N-dealkylation sites (tertiary alicyclic amines) is 1. The van der Waals surface area contributed by atoms with Crippen molar-refractivity contribution in [2.24, 2.45) is 5.73 Å². The van der Waals surface area contributed by atoms with Crippen LogP contribution in [0, 0.1) is 0 Å². The number of amides is 1. The van der Waals surface area contributed by atoms with Crippen molar-refractivity contribution in [1.82, 2.24) is 9.88 Å². The standard InChI is InChI=1S/C10H13N3O2/c1-10(11)5-13(6-10)9(15)7-3-2-4-8(14)12-7/h2-4H,5-6,11H2,1H3,(H,12,14). The van der Waals surface area contributed by atoms with Gasteiger partial charge >= 0.3 is 0 Å². The first-order valence-electron chi connectivity index (χ1n) is 4.75. The summed E-state index contributed by atoms with van der Waals surface area (Å²) in [6, 6.07) is 4.53. The van der Waals surface area contributed by atoms with Gasteiger partial charge in [0.2, 0.25) is 5.56 Å². The van der Waals surface area contributed by atoms with Gasteiger partial charge in [-0.1, -0.05) is 6.07 Å². The van der Waals surface area contributed by atoms with Crippen molar-refractivity contribution in [3.05, 3.63) is 34.2 Å². The molecule has 3 N–H and O–H groups in total. The molecule has 1 fully saturated rings. The minimum absolute atomic E-state index is 0.171. The van der Waals surface area contributed by atoms with Gasteiger partial charge in [-0.2, -0.15) is 0 Å². The van der Waals surface area contributed by atoms with Crippen LogP contribution in [0.25, 0.3) is 0 Å². The Bertz CT molecular complexity index is 442. The third kappa shape index (κ3) is 1.92. The zero-order valence-electron chi connectivity index (χ0n) is 8.49. The predicted octanol–water partition coefficient (Wildman–Crippen LogP) is -0.452. The number of aromatic nitrogens is 1. The molecule has 1 aromatic heterocycles. The number of rotatable bonds is 1. The Morgan fingerprint density at radius 1 is 1.53 bits per heavy atom. The fourth-order valence-corrected chi connectivity index (χ4v) is 1.71. The summed E-state index contributed by atoms with van der Waals surface area (Å²) in [5.41, 5.74) is 5.56. The Labute approximate surface area is 86.9 Å². The number of hydrogen-bond donors (Lipinski definition) is 2. The van der Waals surface area contributed by atoms with Crippen LogP contribution >= 0.6 is 0 Å². The molecule has 0 bridgehead atoms. The summed E-state index contributed by atoms with van der Waals surface area (Å²) >= 11 is 0. The van der Waals surface area contributed by atoms with Gasteiger partial charge in [0.15, 0.2) is 0 Å². The van der Waals surface area contributed by atoms with Crippen molar-refractivity contribution >= 4 is 5.91 Å². The lowest BCUT2D eigenvalue weighted by Crippen LogP contribution is -2.66. The van der Waals surface area contributed by atoms with Gasteiger partial charge in [0.05, 0.1) is 0 Å². The van der Waals surface area contributed by atoms with E-state index < -0.39 is 0 Å². The Morgan fingerprint density at radius 3 is 2.73 bits per heavy atom. The van der Waals surface area contributed by atoms with Crippen LogP contribution in [0.2, 0.25) is 0 Å². The molecule has 1 aromatic rings. The molecule has 0 aromatic carbocycles. The summed E-state index contributed by atoms with van der Waals surface area (Å²) in [5, 5.41) is 0. The second-order valence-corrected chi connectivity index (χ2v) is 4.24. The third-order valence-corrected chi connectivity index (χ3v) is 2.39. The van der Waals surface area contributed by atoms with Crippen LogP contribution in [0.5, 0.6) is 0 Å². The lowest BCUT2D eigenvalue weighted by Gasteiger charge is -2.45. The summed E-state index contributed by atoms with van der Waals surface area (Å²) in [6.45, 7) is 2.95. The number of pyridine rings is 1. The second-order valence-electron chi connectivity index (χ2n) is 4.24. The number of carbonyl (C=O) groups is 1. The molecule has 2 heterocycles. The number of carbonyl (C=O) groups excluding carboxylic acids is 1. The Balaban J connectivity index is 2.13. The van der Waals surface area contributed by atoms with Gasteiger partial charge in [-0.15, -0.1) is 0 Å². The third-order valence-electron chi connectivity index (χ3n) is 2.39. The van der Waals surface area contributed by atoms with Crippen LogP contribution in [0.4, 0.5) is 0 Å². The average Bonchev–Trinajstić information content (AvgIpc) is 2.13. The van der Waals surface area contributed by atoms with Gasteiger partial charge < -0.3 is 15.6 Å². The van der Waals surface area contributed by atoms with Crippen LogP contribution in [0.3, 0.4) is 0 Å². The molecule has 5 nitrogen and oxygen atoms in total. The van der Waals surface area contributed by atoms with Gasteiger partial charge in [-0.25, -0.2) is 0 Å². The molecule has 0 saturated carbocycles. The van der Waals surface area contributed by atoms with Crippen molar-refractivity contribution in [3.63, 3.8) is 0 Å². The highest BCUT2D eigenvalue weighted by molar-refractivity contribution is 5.93. The van der Waals surface area contributed by atoms with Crippen LogP contribution in [-0.4, -0.2) is 34.4 Å². The van der Waals surface area contributed by atoms with E-state index >= 15 is 0 Å². The number of nitrogens with two attached hydrogens (primary N) is 1. The maximum absolute atomic E-state index is 11.8. The van der Waals surface area contributed by atoms with Crippen molar-refractivity contribution in [2.45, 2.75) is 12.5 Å². The maximum Gasteiger partial charge on any atom is 0.270 e. The fraction of sp³-hybridized carbons (Fsp3) is 0.400. The summed E-state index contributed by atoms with van der Waals surface area (Å²) < 4.78 is 0. The SMILES string of the molecule is CC1(N)CN(C(=O)c2cccc(=O)[nH]2)C1. The molecule has 1 saturated heterocycles. The highest BCUT2D eigenvalue weighted by Gasteiger charge is 2.38. The number of H-pyrrole nitrogens is 1. The summed E-state index contributed by atoms with van der Waals surface area (Å²) in [6.07, 6.45) is 0. The van der Waals surface area contributed by atoms with E-state index in [9.17, 15) is 9.59 Å². The monoisotopic (exact) mass is 207 g/mol.